The minimum absolute atomic E-state index is 0.00920. The lowest BCUT2D eigenvalue weighted by molar-refractivity contribution is 0.489. The fourth-order valence-corrected chi connectivity index (χ4v) is 2.22. The molecule has 2 aromatic carbocycles. The van der Waals surface area contributed by atoms with Crippen molar-refractivity contribution in [1.29, 1.82) is 0 Å². The second-order valence-electron chi connectivity index (χ2n) is 5.17. The van der Waals surface area contributed by atoms with Crippen molar-refractivity contribution in [2.45, 2.75) is 32.9 Å². The lowest BCUT2D eigenvalue weighted by Crippen LogP contribution is -2.22. The Hall–Kier alpha value is -1.74. The van der Waals surface area contributed by atoms with E-state index in [4.69, 9.17) is 0 Å². The fourth-order valence-electron chi connectivity index (χ4n) is 2.22. The van der Waals surface area contributed by atoms with E-state index in [-0.39, 0.29) is 23.7 Å². The van der Waals surface area contributed by atoms with Gasteiger partial charge in [0.05, 0.1) is 0 Å². The maximum Gasteiger partial charge on any atom is 0.126 e. The van der Waals surface area contributed by atoms with E-state index in [1.54, 1.807) is 25.1 Å². The Morgan fingerprint density at radius 3 is 2.15 bits per heavy atom. The van der Waals surface area contributed by atoms with Gasteiger partial charge in [-0.1, -0.05) is 24.3 Å². The van der Waals surface area contributed by atoms with Crippen LogP contribution < -0.4 is 5.32 Å². The first kappa shape index (κ1) is 14.7. The molecule has 0 fully saturated rings. The molecule has 0 aliphatic heterocycles. The van der Waals surface area contributed by atoms with Gasteiger partial charge in [-0.3, -0.25) is 0 Å². The molecule has 2 unspecified atom stereocenters. The number of hydrogen-bond acceptors (Lipinski definition) is 1. The molecular formula is C17H19F2N. The molecule has 0 saturated carbocycles. The van der Waals surface area contributed by atoms with Crippen LogP contribution >= 0.6 is 0 Å². The summed E-state index contributed by atoms with van der Waals surface area (Å²) in [5.74, 6) is -0.445. The van der Waals surface area contributed by atoms with Crippen molar-refractivity contribution >= 4 is 0 Å². The van der Waals surface area contributed by atoms with Crippen molar-refractivity contribution in [3.63, 3.8) is 0 Å². The van der Waals surface area contributed by atoms with Crippen LogP contribution in [0.5, 0.6) is 0 Å². The number of halogens is 2. The summed E-state index contributed by atoms with van der Waals surface area (Å²) in [6.45, 7) is 5.68. The van der Waals surface area contributed by atoms with Crippen LogP contribution in [0.15, 0.2) is 42.5 Å². The molecule has 0 bridgehead atoms. The zero-order valence-electron chi connectivity index (χ0n) is 12.0. The van der Waals surface area contributed by atoms with E-state index in [1.807, 2.05) is 26.0 Å². The van der Waals surface area contributed by atoms with Gasteiger partial charge in [-0.15, -0.1) is 0 Å². The SMILES string of the molecule is Cc1ccc(C(C)NC(C)c2cccc(F)c2)cc1F. The van der Waals surface area contributed by atoms with Crippen LogP contribution in [0.3, 0.4) is 0 Å². The average Bonchev–Trinajstić information content (AvgIpc) is 2.41. The number of nitrogens with one attached hydrogen (secondary N) is 1. The highest BCUT2D eigenvalue weighted by Gasteiger charge is 2.12. The van der Waals surface area contributed by atoms with Crippen molar-refractivity contribution in [3.8, 4) is 0 Å². The van der Waals surface area contributed by atoms with Crippen molar-refractivity contribution < 1.29 is 8.78 Å². The molecule has 3 heteroatoms. The first-order valence-corrected chi connectivity index (χ1v) is 6.75. The molecule has 1 N–H and O–H groups in total. The van der Waals surface area contributed by atoms with Gasteiger partial charge in [0.25, 0.3) is 0 Å². The number of aryl methyl sites for hydroxylation is 1. The summed E-state index contributed by atoms with van der Waals surface area (Å²) in [4.78, 5) is 0. The van der Waals surface area contributed by atoms with Gasteiger partial charge in [-0.2, -0.15) is 0 Å². The van der Waals surface area contributed by atoms with E-state index in [0.717, 1.165) is 11.1 Å². The van der Waals surface area contributed by atoms with Gasteiger partial charge >= 0.3 is 0 Å². The normalized spacial score (nSPS) is 14.1. The van der Waals surface area contributed by atoms with E-state index >= 15 is 0 Å². The van der Waals surface area contributed by atoms with Gasteiger partial charge in [0.1, 0.15) is 11.6 Å². The molecule has 0 aromatic heterocycles. The third-order valence-electron chi connectivity index (χ3n) is 3.54. The molecule has 0 aliphatic carbocycles. The van der Waals surface area contributed by atoms with Gasteiger partial charge < -0.3 is 5.32 Å². The Morgan fingerprint density at radius 1 is 0.900 bits per heavy atom. The van der Waals surface area contributed by atoms with Gasteiger partial charge in [0.2, 0.25) is 0 Å². The van der Waals surface area contributed by atoms with E-state index in [9.17, 15) is 8.78 Å². The Bertz CT molecular complexity index is 595. The van der Waals surface area contributed by atoms with Crippen molar-refractivity contribution in [1.82, 2.24) is 5.32 Å². The highest BCUT2D eigenvalue weighted by molar-refractivity contribution is 5.26. The fraction of sp³-hybridized carbons (Fsp3) is 0.294. The smallest absolute Gasteiger partial charge is 0.126 e. The number of hydrogen-bond donors (Lipinski definition) is 1. The van der Waals surface area contributed by atoms with Crippen LogP contribution in [-0.4, -0.2) is 0 Å². The monoisotopic (exact) mass is 275 g/mol. The third-order valence-corrected chi connectivity index (χ3v) is 3.54. The molecule has 1 nitrogen and oxygen atoms in total. The Labute approximate surface area is 118 Å². The molecule has 2 atom stereocenters. The summed E-state index contributed by atoms with van der Waals surface area (Å²) in [5.41, 5.74) is 2.40. The van der Waals surface area contributed by atoms with Gasteiger partial charge in [-0.05, 0) is 55.7 Å². The van der Waals surface area contributed by atoms with Crippen LogP contribution in [-0.2, 0) is 0 Å². The maximum absolute atomic E-state index is 13.6. The molecule has 20 heavy (non-hydrogen) atoms. The van der Waals surface area contributed by atoms with Crippen LogP contribution in [0.2, 0.25) is 0 Å². The second kappa shape index (κ2) is 6.14. The zero-order valence-corrected chi connectivity index (χ0v) is 12.0. The summed E-state index contributed by atoms with van der Waals surface area (Å²) in [7, 11) is 0. The average molecular weight is 275 g/mol. The van der Waals surface area contributed by atoms with E-state index in [1.165, 1.54) is 12.1 Å². The largest absolute Gasteiger partial charge is 0.304 e. The van der Waals surface area contributed by atoms with Gasteiger partial charge in [0, 0.05) is 12.1 Å². The van der Waals surface area contributed by atoms with Gasteiger partial charge in [0.15, 0.2) is 0 Å². The molecule has 0 aliphatic rings. The number of rotatable bonds is 4. The number of benzene rings is 2. The minimum Gasteiger partial charge on any atom is -0.304 e. The maximum atomic E-state index is 13.6. The molecular weight excluding hydrogens is 256 g/mol. The molecule has 0 saturated heterocycles. The summed E-state index contributed by atoms with van der Waals surface area (Å²) >= 11 is 0. The summed E-state index contributed by atoms with van der Waals surface area (Å²) in [6, 6.07) is 11.7. The summed E-state index contributed by atoms with van der Waals surface area (Å²) in [5, 5.41) is 3.35. The van der Waals surface area contributed by atoms with Crippen LogP contribution in [0.1, 0.15) is 42.6 Å². The topological polar surface area (TPSA) is 12.0 Å². The predicted octanol–water partition coefficient (Wildman–Crippen LogP) is 4.69. The lowest BCUT2D eigenvalue weighted by Gasteiger charge is -2.21. The lowest BCUT2D eigenvalue weighted by atomic mass is 10.0. The van der Waals surface area contributed by atoms with Crippen molar-refractivity contribution in [2.75, 3.05) is 0 Å². The highest BCUT2D eigenvalue weighted by Crippen LogP contribution is 2.21. The Kier molecular flexibility index (Phi) is 4.50. The molecule has 0 radical (unpaired) electrons. The molecule has 2 aromatic rings. The molecule has 106 valence electrons. The van der Waals surface area contributed by atoms with Crippen molar-refractivity contribution in [2.24, 2.45) is 0 Å². The highest BCUT2D eigenvalue weighted by atomic mass is 19.1. The van der Waals surface area contributed by atoms with E-state index < -0.39 is 0 Å². The van der Waals surface area contributed by atoms with E-state index in [0.29, 0.717) is 5.56 Å². The van der Waals surface area contributed by atoms with Crippen LogP contribution in [0.25, 0.3) is 0 Å². The van der Waals surface area contributed by atoms with Crippen LogP contribution in [0.4, 0.5) is 8.78 Å². The molecule has 0 spiro atoms. The summed E-state index contributed by atoms with van der Waals surface area (Å²) < 4.78 is 26.8. The molecule has 0 amide bonds. The van der Waals surface area contributed by atoms with Gasteiger partial charge in [-0.25, -0.2) is 8.78 Å². The Morgan fingerprint density at radius 2 is 1.55 bits per heavy atom. The molecule has 2 rings (SSSR count). The Balaban J connectivity index is 2.10. The second-order valence-corrected chi connectivity index (χ2v) is 5.17. The molecule has 0 heterocycles. The van der Waals surface area contributed by atoms with Crippen molar-refractivity contribution in [3.05, 3.63) is 70.8 Å². The summed E-state index contributed by atoms with van der Waals surface area (Å²) in [6.07, 6.45) is 0. The first-order valence-electron chi connectivity index (χ1n) is 6.75. The third kappa shape index (κ3) is 3.42. The van der Waals surface area contributed by atoms with Crippen LogP contribution in [0, 0.1) is 18.6 Å². The zero-order chi connectivity index (χ0) is 14.7. The minimum atomic E-state index is -0.245. The quantitative estimate of drug-likeness (QED) is 0.854. The van der Waals surface area contributed by atoms with E-state index in [2.05, 4.69) is 5.32 Å². The predicted molar refractivity (Wildman–Crippen MR) is 77.5 cm³/mol. The first-order chi connectivity index (χ1) is 9.47. The standard InChI is InChI=1S/C17H19F2N/c1-11-7-8-15(10-17(11)19)13(3)20-12(2)14-5-4-6-16(18)9-14/h4-10,12-13,20H,1-3H3.